The van der Waals surface area contributed by atoms with Crippen molar-refractivity contribution in [1.82, 2.24) is 0 Å². The Labute approximate surface area is 104 Å². The van der Waals surface area contributed by atoms with E-state index in [0.717, 1.165) is 12.0 Å². The first-order chi connectivity index (χ1) is 7.53. The second-order valence-corrected chi connectivity index (χ2v) is 4.48. The fraction of sp³-hybridized carbons (Fsp3) is 0.417. The SMILES string of the molecule is CCC(C)(C)c1ccccc1C(=O)OOBr. The van der Waals surface area contributed by atoms with Crippen LogP contribution in [0.15, 0.2) is 24.3 Å². The lowest BCUT2D eigenvalue weighted by atomic mass is 9.80. The zero-order valence-electron chi connectivity index (χ0n) is 9.62. The van der Waals surface area contributed by atoms with Gasteiger partial charge in [-0.1, -0.05) is 39.0 Å². The lowest BCUT2D eigenvalue weighted by molar-refractivity contribution is -0.123. The molecule has 0 aliphatic heterocycles. The van der Waals surface area contributed by atoms with E-state index in [0.29, 0.717) is 5.56 Å². The van der Waals surface area contributed by atoms with Crippen LogP contribution >= 0.6 is 16.3 Å². The summed E-state index contributed by atoms with van der Waals surface area (Å²) in [6, 6.07) is 7.40. The lowest BCUT2D eigenvalue weighted by Gasteiger charge is -2.25. The molecule has 0 heterocycles. The van der Waals surface area contributed by atoms with Crippen LogP contribution in [0.4, 0.5) is 0 Å². The highest BCUT2D eigenvalue weighted by Gasteiger charge is 2.25. The van der Waals surface area contributed by atoms with Crippen molar-refractivity contribution in [1.29, 1.82) is 0 Å². The number of carbonyl (C=O) groups excluding carboxylic acids is 1. The molecule has 0 atom stereocenters. The predicted octanol–water partition coefficient (Wildman–Crippen LogP) is 3.77. The van der Waals surface area contributed by atoms with Gasteiger partial charge in [-0.15, -0.1) is 3.98 Å². The van der Waals surface area contributed by atoms with E-state index in [2.05, 4.69) is 45.9 Å². The van der Waals surface area contributed by atoms with E-state index in [4.69, 9.17) is 0 Å². The van der Waals surface area contributed by atoms with Crippen molar-refractivity contribution < 1.29 is 13.7 Å². The third-order valence-corrected chi connectivity index (χ3v) is 3.00. The molecule has 0 fully saturated rings. The first-order valence-electron chi connectivity index (χ1n) is 5.12. The summed E-state index contributed by atoms with van der Waals surface area (Å²) in [5.74, 6) is -0.492. The van der Waals surface area contributed by atoms with Crippen molar-refractivity contribution in [3.8, 4) is 0 Å². The summed E-state index contributed by atoms with van der Waals surface area (Å²) in [5.41, 5.74) is 1.43. The van der Waals surface area contributed by atoms with E-state index in [1.165, 1.54) is 0 Å². The summed E-state index contributed by atoms with van der Waals surface area (Å²) in [4.78, 5) is 16.1. The van der Waals surface area contributed by atoms with Gasteiger partial charge in [-0.3, -0.25) is 4.89 Å². The number of rotatable bonds is 4. The molecule has 16 heavy (non-hydrogen) atoms. The van der Waals surface area contributed by atoms with Gasteiger partial charge >= 0.3 is 5.97 Å². The van der Waals surface area contributed by atoms with Gasteiger partial charge in [-0.05, 0) is 23.5 Å². The summed E-state index contributed by atoms with van der Waals surface area (Å²) in [7, 11) is 0. The molecule has 1 aromatic carbocycles. The van der Waals surface area contributed by atoms with Gasteiger partial charge in [0.1, 0.15) is 0 Å². The molecule has 1 rings (SSSR count). The maximum Gasteiger partial charge on any atom is 0.374 e. The molecule has 0 bridgehead atoms. The molecule has 0 aliphatic carbocycles. The Morgan fingerprint density at radius 3 is 2.56 bits per heavy atom. The minimum atomic E-state index is -0.492. The molecular formula is C12H15BrO3. The Kier molecular flexibility index (Phi) is 4.50. The summed E-state index contributed by atoms with van der Waals surface area (Å²) < 4.78 is 4.22. The lowest BCUT2D eigenvalue weighted by Crippen LogP contribution is -2.20. The van der Waals surface area contributed by atoms with Crippen molar-refractivity contribution in [3.05, 3.63) is 35.4 Å². The van der Waals surface area contributed by atoms with Crippen LogP contribution in [0.3, 0.4) is 0 Å². The first kappa shape index (κ1) is 13.2. The minimum absolute atomic E-state index is 0.0675. The van der Waals surface area contributed by atoms with Gasteiger partial charge in [0.2, 0.25) is 0 Å². The van der Waals surface area contributed by atoms with Crippen LogP contribution in [0.1, 0.15) is 43.1 Å². The van der Waals surface area contributed by atoms with Crippen LogP contribution in [0, 0.1) is 0 Å². The van der Waals surface area contributed by atoms with Crippen LogP contribution in [0.2, 0.25) is 0 Å². The maximum absolute atomic E-state index is 11.7. The molecule has 0 unspecified atom stereocenters. The van der Waals surface area contributed by atoms with Gasteiger partial charge in [0.15, 0.2) is 16.3 Å². The number of benzene rings is 1. The zero-order valence-corrected chi connectivity index (χ0v) is 11.2. The molecule has 3 nitrogen and oxygen atoms in total. The Morgan fingerprint density at radius 2 is 2.00 bits per heavy atom. The quantitative estimate of drug-likeness (QED) is 0.624. The average Bonchev–Trinajstić information content (AvgIpc) is 2.29. The van der Waals surface area contributed by atoms with Crippen molar-refractivity contribution in [2.75, 3.05) is 0 Å². The molecule has 0 saturated heterocycles. The standard InChI is InChI=1S/C12H15BrO3/c1-4-12(2,3)10-8-6-5-7-9(10)11(14)15-16-13/h5-8H,4H2,1-3H3. The van der Waals surface area contributed by atoms with E-state index in [-0.39, 0.29) is 5.41 Å². The highest BCUT2D eigenvalue weighted by Crippen LogP contribution is 2.29. The predicted molar refractivity (Wildman–Crippen MR) is 65.2 cm³/mol. The van der Waals surface area contributed by atoms with Crippen LogP contribution in [0.25, 0.3) is 0 Å². The minimum Gasteiger partial charge on any atom is -0.281 e. The van der Waals surface area contributed by atoms with Crippen molar-refractivity contribution in [2.45, 2.75) is 32.6 Å². The van der Waals surface area contributed by atoms with Crippen LogP contribution in [-0.2, 0) is 14.3 Å². The molecule has 0 saturated carbocycles. The van der Waals surface area contributed by atoms with Crippen LogP contribution < -0.4 is 0 Å². The highest BCUT2D eigenvalue weighted by molar-refractivity contribution is 9.05. The molecule has 0 aliphatic rings. The number of hydrogen-bond donors (Lipinski definition) is 0. The van der Waals surface area contributed by atoms with Gasteiger partial charge < -0.3 is 0 Å². The molecule has 0 N–H and O–H groups in total. The van der Waals surface area contributed by atoms with Crippen molar-refractivity contribution in [2.24, 2.45) is 0 Å². The van der Waals surface area contributed by atoms with E-state index in [1.54, 1.807) is 12.1 Å². The van der Waals surface area contributed by atoms with Crippen molar-refractivity contribution in [3.63, 3.8) is 0 Å². The fourth-order valence-corrected chi connectivity index (χ4v) is 1.64. The number of hydrogen-bond acceptors (Lipinski definition) is 3. The Hall–Kier alpha value is -0.870. The molecule has 88 valence electrons. The van der Waals surface area contributed by atoms with Gasteiger partial charge in [0, 0.05) is 0 Å². The van der Waals surface area contributed by atoms with E-state index < -0.39 is 5.97 Å². The summed E-state index contributed by atoms with van der Waals surface area (Å²) >= 11 is 2.60. The highest BCUT2D eigenvalue weighted by atomic mass is 79.9. The Bertz CT molecular complexity index is 374. The molecular weight excluding hydrogens is 272 g/mol. The zero-order chi connectivity index (χ0) is 12.2. The van der Waals surface area contributed by atoms with Gasteiger partial charge in [0.05, 0.1) is 5.56 Å². The average molecular weight is 287 g/mol. The summed E-state index contributed by atoms with van der Waals surface area (Å²) in [6.07, 6.45) is 0.937. The van der Waals surface area contributed by atoms with Crippen LogP contribution in [0.5, 0.6) is 0 Å². The normalized spacial score (nSPS) is 11.2. The van der Waals surface area contributed by atoms with Gasteiger partial charge in [-0.25, -0.2) is 4.79 Å². The van der Waals surface area contributed by atoms with E-state index >= 15 is 0 Å². The fourth-order valence-electron chi connectivity index (χ4n) is 1.52. The Morgan fingerprint density at radius 1 is 1.38 bits per heavy atom. The molecule has 0 spiro atoms. The Balaban J connectivity index is 3.15. The molecule has 0 amide bonds. The monoisotopic (exact) mass is 286 g/mol. The number of halogens is 1. The third kappa shape index (κ3) is 2.83. The summed E-state index contributed by atoms with van der Waals surface area (Å²) in [5, 5.41) is 0. The van der Waals surface area contributed by atoms with Gasteiger partial charge in [0.25, 0.3) is 0 Å². The number of carbonyl (C=O) groups is 1. The van der Waals surface area contributed by atoms with E-state index in [9.17, 15) is 4.79 Å². The molecule has 4 heteroatoms. The second-order valence-electron chi connectivity index (χ2n) is 4.22. The maximum atomic E-state index is 11.7. The topological polar surface area (TPSA) is 35.5 Å². The van der Waals surface area contributed by atoms with Gasteiger partial charge in [-0.2, -0.15) is 0 Å². The van der Waals surface area contributed by atoms with Crippen molar-refractivity contribution >= 4 is 22.2 Å². The largest absolute Gasteiger partial charge is 0.374 e. The first-order valence-corrected chi connectivity index (χ1v) is 5.76. The third-order valence-electron chi connectivity index (χ3n) is 2.87. The van der Waals surface area contributed by atoms with Crippen LogP contribution in [-0.4, -0.2) is 5.97 Å². The molecule has 0 radical (unpaired) electrons. The molecule has 0 aromatic heterocycles. The summed E-state index contributed by atoms with van der Waals surface area (Å²) in [6.45, 7) is 6.27. The second kappa shape index (κ2) is 5.46. The van der Waals surface area contributed by atoms with E-state index in [1.807, 2.05) is 12.1 Å². The molecule has 1 aromatic rings. The smallest absolute Gasteiger partial charge is 0.281 e.